The number of hydrogen-bond donors (Lipinski definition) is 2. The van der Waals surface area contributed by atoms with Gasteiger partial charge in [-0.05, 0) is 23.6 Å². The number of hydrogen-bond acceptors (Lipinski definition) is 3. The fraction of sp³-hybridized carbons (Fsp3) is 0.333. The highest BCUT2D eigenvalue weighted by atomic mass is 16.3. The Kier molecular flexibility index (Phi) is 5.97. The first-order valence-electron chi connectivity index (χ1n) is 7.72. The molecule has 23 heavy (non-hydrogen) atoms. The summed E-state index contributed by atoms with van der Waals surface area (Å²) in [4.78, 5) is 24.6. The molecule has 0 spiro atoms. The number of carbonyl (C=O) groups excluding carboxylic acids is 2. The van der Waals surface area contributed by atoms with E-state index >= 15 is 0 Å². The second-order valence-corrected chi connectivity index (χ2v) is 5.83. The Balaban J connectivity index is 2.07. The van der Waals surface area contributed by atoms with E-state index in [9.17, 15) is 9.59 Å². The van der Waals surface area contributed by atoms with E-state index in [1.165, 1.54) is 6.26 Å². The van der Waals surface area contributed by atoms with Crippen LogP contribution in [0.1, 0.15) is 30.0 Å². The number of benzene rings is 1. The van der Waals surface area contributed by atoms with E-state index in [0.717, 1.165) is 5.56 Å². The second-order valence-electron chi connectivity index (χ2n) is 5.83. The molecule has 5 heteroatoms. The summed E-state index contributed by atoms with van der Waals surface area (Å²) in [5.74, 6) is -0.0464. The zero-order valence-electron chi connectivity index (χ0n) is 13.4. The van der Waals surface area contributed by atoms with Crippen LogP contribution >= 0.6 is 0 Å². The molecule has 2 rings (SSSR count). The van der Waals surface area contributed by atoms with E-state index in [-0.39, 0.29) is 11.7 Å². The minimum absolute atomic E-state index is 0.192. The van der Waals surface area contributed by atoms with E-state index in [1.807, 2.05) is 44.2 Å². The monoisotopic (exact) mass is 314 g/mol. The number of furan rings is 1. The van der Waals surface area contributed by atoms with Crippen LogP contribution in [-0.4, -0.2) is 24.4 Å². The van der Waals surface area contributed by atoms with E-state index < -0.39 is 11.9 Å². The van der Waals surface area contributed by atoms with Gasteiger partial charge < -0.3 is 15.1 Å². The SMILES string of the molecule is CC(C)CNC(=O)[C@H](Cc1ccccc1)NC(=O)c1ccco1. The average Bonchev–Trinajstić information content (AvgIpc) is 3.07. The maximum Gasteiger partial charge on any atom is 0.287 e. The van der Waals surface area contributed by atoms with Crippen molar-refractivity contribution in [1.29, 1.82) is 0 Å². The van der Waals surface area contributed by atoms with Crippen LogP contribution in [0.5, 0.6) is 0 Å². The van der Waals surface area contributed by atoms with Crippen molar-refractivity contribution in [3.63, 3.8) is 0 Å². The molecule has 0 aliphatic heterocycles. The van der Waals surface area contributed by atoms with Gasteiger partial charge in [0.25, 0.3) is 5.91 Å². The molecule has 0 fully saturated rings. The molecular formula is C18H22N2O3. The van der Waals surface area contributed by atoms with Crippen molar-refractivity contribution in [3.05, 3.63) is 60.1 Å². The normalized spacial score (nSPS) is 12.0. The van der Waals surface area contributed by atoms with Crippen LogP contribution in [0.2, 0.25) is 0 Å². The van der Waals surface area contributed by atoms with Gasteiger partial charge in [-0.25, -0.2) is 0 Å². The predicted molar refractivity (Wildman–Crippen MR) is 88.0 cm³/mol. The lowest BCUT2D eigenvalue weighted by atomic mass is 10.0. The van der Waals surface area contributed by atoms with E-state index in [0.29, 0.717) is 18.9 Å². The Hall–Kier alpha value is -2.56. The molecule has 1 aromatic carbocycles. The van der Waals surface area contributed by atoms with Crippen molar-refractivity contribution < 1.29 is 14.0 Å². The van der Waals surface area contributed by atoms with Gasteiger partial charge in [-0.1, -0.05) is 44.2 Å². The van der Waals surface area contributed by atoms with E-state index in [4.69, 9.17) is 4.42 Å². The summed E-state index contributed by atoms with van der Waals surface area (Å²) >= 11 is 0. The highest BCUT2D eigenvalue weighted by Gasteiger charge is 2.22. The van der Waals surface area contributed by atoms with Crippen molar-refractivity contribution in [2.45, 2.75) is 26.3 Å². The third-order valence-corrected chi connectivity index (χ3v) is 3.33. The molecule has 0 aliphatic carbocycles. The molecule has 0 saturated heterocycles. The smallest absolute Gasteiger partial charge is 0.287 e. The second kappa shape index (κ2) is 8.17. The maximum absolute atomic E-state index is 12.4. The summed E-state index contributed by atoms with van der Waals surface area (Å²) in [6, 6.07) is 12.2. The lowest BCUT2D eigenvalue weighted by Crippen LogP contribution is -2.48. The quantitative estimate of drug-likeness (QED) is 0.824. The molecule has 122 valence electrons. The third kappa shape index (κ3) is 5.29. The van der Waals surface area contributed by atoms with Gasteiger partial charge in [-0.2, -0.15) is 0 Å². The molecule has 0 aliphatic rings. The third-order valence-electron chi connectivity index (χ3n) is 3.33. The topological polar surface area (TPSA) is 71.3 Å². The minimum atomic E-state index is -0.645. The fourth-order valence-electron chi connectivity index (χ4n) is 2.12. The van der Waals surface area contributed by atoms with Crippen LogP contribution in [0.25, 0.3) is 0 Å². The summed E-state index contributed by atoms with van der Waals surface area (Å²) < 4.78 is 5.08. The molecule has 0 saturated carbocycles. The van der Waals surface area contributed by atoms with Crippen molar-refractivity contribution in [2.75, 3.05) is 6.54 Å². The zero-order chi connectivity index (χ0) is 16.7. The van der Waals surface area contributed by atoms with Gasteiger partial charge in [0, 0.05) is 13.0 Å². The first-order chi connectivity index (χ1) is 11.1. The zero-order valence-corrected chi connectivity index (χ0v) is 13.4. The number of rotatable bonds is 7. The Morgan fingerprint density at radius 2 is 1.83 bits per heavy atom. The maximum atomic E-state index is 12.4. The molecule has 2 aromatic rings. The lowest BCUT2D eigenvalue weighted by Gasteiger charge is -2.19. The number of amides is 2. The summed E-state index contributed by atoms with van der Waals surface area (Å²) in [6.45, 7) is 4.61. The first kappa shape index (κ1) is 16.8. The fourth-order valence-corrected chi connectivity index (χ4v) is 2.12. The molecule has 1 heterocycles. The summed E-state index contributed by atoms with van der Waals surface area (Å²) in [6.07, 6.45) is 1.86. The van der Waals surface area contributed by atoms with Gasteiger partial charge in [0.05, 0.1) is 6.26 Å². The molecule has 1 aromatic heterocycles. The van der Waals surface area contributed by atoms with Gasteiger partial charge in [0.2, 0.25) is 5.91 Å². The van der Waals surface area contributed by atoms with Crippen molar-refractivity contribution in [3.8, 4) is 0 Å². The molecule has 2 amide bonds. The van der Waals surface area contributed by atoms with Gasteiger partial charge in [0.15, 0.2) is 5.76 Å². The largest absolute Gasteiger partial charge is 0.459 e. The Labute approximate surface area is 136 Å². The molecular weight excluding hydrogens is 292 g/mol. The van der Waals surface area contributed by atoms with Crippen molar-refractivity contribution in [1.82, 2.24) is 10.6 Å². The van der Waals surface area contributed by atoms with Crippen molar-refractivity contribution in [2.24, 2.45) is 5.92 Å². The highest BCUT2D eigenvalue weighted by molar-refractivity contribution is 5.95. The summed E-state index contributed by atoms with van der Waals surface area (Å²) in [5.41, 5.74) is 0.983. The Bertz CT molecular complexity index is 621. The molecule has 0 radical (unpaired) electrons. The first-order valence-corrected chi connectivity index (χ1v) is 7.72. The summed E-state index contributed by atoms with van der Waals surface area (Å²) in [7, 11) is 0. The van der Waals surface area contributed by atoms with Gasteiger partial charge >= 0.3 is 0 Å². The van der Waals surface area contributed by atoms with Gasteiger partial charge in [-0.3, -0.25) is 9.59 Å². The van der Waals surface area contributed by atoms with Gasteiger partial charge in [0.1, 0.15) is 6.04 Å². The van der Waals surface area contributed by atoms with Crippen LogP contribution in [-0.2, 0) is 11.2 Å². The number of nitrogens with one attached hydrogen (secondary N) is 2. The molecule has 2 N–H and O–H groups in total. The van der Waals surface area contributed by atoms with E-state index in [1.54, 1.807) is 12.1 Å². The average molecular weight is 314 g/mol. The lowest BCUT2D eigenvalue weighted by molar-refractivity contribution is -0.123. The Morgan fingerprint density at radius 1 is 1.09 bits per heavy atom. The standard InChI is InChI=1S/C18H22N2O3/c1-13(2)12-19-17(21)15(11-14-7-4-3-5-8-14)20-18(22)16-9-6-10-23-16/h3-10,13,15H,11-12H2,1-2H3,(H,19,21)(H,20,22)/t15-/m0/s1. The molecule has 0 bridgehead atoms. The summed E-state index contributed by atoms with van der Waals surface area (Å²) in [5, 5.41) is 5.62. The van der Waals surface area contributed by atoms with Crippen LogP contribution in [0.4, 0.5) is 0 Å². The molecule has 5 nitrogen and oxygen atoms in total. The van der Waals surface area contributed by atoms with Gasteiger partial charge in [-0.15, -0.1) is 0 Å². The number of carbonyl (C=O) groups is 2. The van der Waals surface area contributed by atoms with Crippen LogP contribution < -0.4 is 10.6 Å². The Morgan fingerprint density at radius 3 is 2.43 bits per heavy atom. The van der Waals surface area contributed by atoms with E-state index in [2.05, 4.69) is 10.6 Å². The van der Waals surface area contributed by atoms with Crippen LogP contribution in [0.3, 0.4) is 0 Å². The predicted octanol–water partition coefficient (Wildman–Crippen LogP) is 2.39. The van der Waals surface area contributed by atoms with Crippen LogP contribution in [0.15, 0.2) is 53.1 Å². The highest BCUT2D eigenvalue weighted by Crippen LogP contribution is 2.06. The molecule has 0 unspecified atom stereocenters. The minimum Gasteiger partial charge on any atom is -0.459 e. The van der Waals surface area contributed by atoms with Crippen LogP contribution in [0, 0.1) is 5.92 Å². The van der Waals surface area contributed by atoms with Crippen molar-refractivity contribution >= 4 is 11.8 Å². The molecule has 1 atom stereocenters.